The van der Waals surface area contributed by atoms with Crippen molar-refractivity contribution in [2.75, 3.05) is 20.2 Å². The Bertz CT molecular complexity index is 702. The zero-order chi connectivity index (χ0) is 16.5. The van der Waals surface area contributed by atoms with Gasteiger partial charge in [-0.05, 0) is 30.5 Å². The van der Waals surface area contributed by atoms with E-state index in [1.165, 1.54) is 16.9 Å². The van der Waals surface area contributed by atoms with Crippen LogP contribution in [-0.2, 0) is 6.54 Å². The number of ether oxygens (including phenoxy) is 1. The van der Waals surface area contributed by atoms with Gasteiger partial charge in [0.15, 0.2) is 0 Å². The summed E-state index contributed by atoms with van der Waals surface area (Å²) in [4.78, 5) is 21.4. The van der Waals surface area contributed by atoms with Gasteiger partial charge in [-0.3, -0.25) is 9.69 Å². The number of thiazole rings is 1. The summed E-state index contributed by atoms with van der Waals surface area (Å²) in [5, 5.41) is 1.85. The molecule has 0 aliphatic carbocycles. The highest BCUT2D eigenvalue weighted by atomic mass is 32.1. The van der Waals surface area contributed by atoms with E-state index in [4.69, 9.17) is 4.74 Å². The van der Waals surface area contributed by atoms with Crippen LogP contribution in [0.2, 0.25) is 0 Å². The van der Waals surface area contributed by atoms with Gasteiger partial charge < -0.3 is 9.64 Å². The number of methoxy groups -OCH3 is 1. The van der Waals surface area contributed by atoms with E-state index in [2.05, 4.69) is 22.0 Å². The summed E-state index contributed by atoms with van der Waals surface area (Å²) in [5.41, 5.74) is 3.61. The molecule has 2 saturated heterocycles. The number of carbonyl (C=O) groups is 1. The first-order chi connectivity index (χ1) is 11.8. The molecule has 2 aliphatic rings. The van der Waals surface area contributed by atoms with Crippen molar-refractivity contribution in [3.63, 3.8) is 0 Å². The summed E-state index contributed by atoms with van der Waals surface area (Å²) >= 11 is 1.48. The Morgan fingerprint density at radius 2 is 2.04 bits per heavy atom. The monoisotopic (exact) mass is 343 g/mol. The second-order valence-electron chi connectivity index (χ2n) is 6.40. The molecule has 0 unspecified atom stereocenters. The molecule has 2 fully saturated rings. The lowest BCUT2D eigenvalue weighted by molar-refractivity contribution is 0.0727. The van der Waals surface area contributed by atoms with Crippen LogP contribution in [0.25, 0.3) is 0 Å². The van der Waals surface area contributed by atoms with E-state index in [-0.39, 0.29) is 5.91 Å². The Morgan fingerprint density at radius 1 is 1.25 bits per heavy atom. The van der Waals surface area contributed by atoms with Crippen LogP contribution in [-0.4, -0.2) is 53.0 Å². The Morgan fingerprint density at radius 3 is 2.75 bits per heavy atom. The van der Waals surface area contributed by atoms with Crippen molar-refractivity contribution in [2.45, 2.75) is 31.5 Å². The van der Waals surface area contributed by atoms with Gasteiger partial charge >= 0.3 is 0 Å². The number of hydrogen-bond acceptors (Lipinski definition) is 5. The highest BCUT2D eigenvalue weighted by Crippen LogP contribution is 2.33. The quantitative estimate of drug-likeness (QED) is 0.856. The Kier molecular flexibility index (Phi) is 4.24. The lowest BCUT2D eigenvalue weighted by Crippen LogP contribution is -2.39. The van der Waals surface area contributed by atoms with Gasteiger partial charge in [-0.15, -0.1) is 11.3 Å². The molecular weight excluding hydrogens is 322 g/mol. The minimum atomic E-state index is 0.0926. The van der Waals surface area contributed by atoms with Crippen molar-refractivity contribution in [1.82, 2.24) is 14.8 Å². The van der Waals surface area contributed by atoms with Gasteiger partial charge in [0.2, 0.25) is 0 Å². The van der Waals surface area contributed by atoms with Crippen molar-refractivity contribution in [2.24, 2.45) is 0 Å². The molecule has 24 heavy (non-hydrogen) atoms. The molecule has 1 aromatic heterocycles. The zero-order valence-corrected chi connectivity index (χ0v) is 14.5. The van der Waals surface area contributed by atoms with E-state index in [1.54, 1.807) is 12.6 Å². The fraction of sp³-hybridized carbons (Fsp3) is 0.444. The highest BCUT2D eigenvalue weighted by Gasteiger charge is 2.44. The van der Waals surface area contributed by atoms with E-state index in [1.807, 2.05) is 22.4 Å². The first-order valence-electron chi connectivity index (χ1n) is 8.32. The van der Waals surface area contributed by atoms with Gasteiger partial charge in [-0.1, -0.05) is 12.1 Å². The van der Waals surface area contributed by atoms with E-state index in [9.17, 15) is 4.79 Å². The molecule has 2 aliphatic heterocycles. The van der Waals surface area contributed by atoms with Crippen LogP contribution >= 0.6 is 11.3 Å². The van der Waals surface area contributed by atoms with Gasteiger partial charge in [0.25, 0.3) is 5.91 Å². The topological polar surface area (TPSA) is 45.7 Å². The van der Waals surface area contributed by atoms with Crippen LogP contribution in [0, 0.1) is 0 Å². The van der Waals surface area contributed by atoms with Gasteiger partial charge in [0.1, 0.15) is 11.4 Å². The third-order valence-corrected chi connectivity index (χ3v) is 5.73. The number of amides is 1. The van der Waals surface area contributed by atoms with Crippen molar-refractivity contribution in [3.8, 4) is 5.75 Å². The number of aromatic nitrogens is 1. The largest absolute Gasteiger partial charge is 0.497 e. The first-order valence-corrected chi connectivity index (χ1v) is 9.26. The molecule has 2 atom stereocenters. The smallest absolute Gasteiger partial charge is 0.273 e. The van der Waals surface area contributed by atoms with Crippen LogP contribution in [0.1, 0.15) is 28.9 Å². The van der Waals surface area contributed by atoms with Crippen LogP contribution in [0.3, 0.4) is 0 Å². The molecule has 3 heterocycles. The van der Waals surface area contributed by atoms with Crippen molar-refractivity contribution >= 4 is 17.2 Å². The molecule has 0 radical (unpaired) electrons. The van der Waals surface area contributed by atoms with E-state index < -0.39 is 0 Å². The lowest BCUT2D eigenvalue weighted by atomic mass is 10.1. The maximum Gasteiger partial charge on any atom is 0.273 e. The molecule has 1 amide bonds. The molecule has 2 aromatic rings. The Labute approximate surface area is 145 Å². The minimum Gasteiger partial charge on any atom is -0.497 e. The van der Waals surface area contributed by atoms with Crippen molar-refractivity contribution < 1.29 is 9.53 Å². The summed E-state index contributed by atoms with van der Waals surface area (Å²) < 4.78 is 5.22. The van der Waals surface area contributed by atoms with Gasteiger partial charge in [-0.25, -0.2) is 4.98 Å². The fourth-order valence-corrected chi connectivity index (χ4v) is 4.48. The van der Waals surface area contributed by atoms with Crippen LogP contribution in [0.5, 0.6) is 5.75 Å². The number of hydrogen-bond donors (Lipinski definition) is 0. The number of likely N-dealkylation sites (tertiary alicyclic amines) is 2. The summed E-state index contributed by atoms with van der Waals surface area (Å²) in [5.74, 6) is 0.981. The second kappa shape index (κ2) is 6.53. The van der Waals surface area contributed by atoms with Crippen LogP contribution < -0.4 is 4.74 Å². The number of nitrogens with zero attached hydrogens (tertiary/aromatic N) is 3. The SMILES string of the molecule is COc1ccc(CN2CC[C@H]3[C@H]2CCN3C(=O)c2cscn2)cc1. The van der Waals surface area contributed by atoms with E-state index in [0.717, 1.165) is 38.2 Å². The average molecular weight is 343 g/mol. The molecule has 0 saturated carbocycles. The van der Waals surface area contributed by atoms with Crippen molar-refractivity contribution in [3.05, 3.63) is 46.4 Å². The Hall–Kier alpha value is -1.92. The first kappa shape index (κ1) is 15.6. The minimum absolute atomic E-state index is 0.0926. The van der Waals surface area contributed by atoms with Gasteiger partial charge in [-0.2, -0.15) is 0 Å². The van der Waals surface area contributed by atoms with Crippen LogP contribution in [0.15, 0.2) is 35.2 Å². The maximum atomic E-state index is 12.6. The summed E-state index contributed by atoms with van der Waals surface area (Å²) in [6, 6.07) is 9.07. The Balaban J connectivity index is 1.43. The molecule has 5 nitrogen and oxygen atoms in total. The molecule has 4 rings (SSSR count). The van der Waals surface area contributed by atoms with E-state index >= 15 is 0 Å². The molecule has 0 bridgehead atoms. The van der Waals surface area contributed by atoms with Crippen LogP contribution in [0.4, 0.5) is 0 Å². The normalized spacial score (nSPS) is 23.5. The van der Waals surface area contributed by atoms with Crippen molar-refractivity contribution in [1.29, 1.82) is 0 Å². The third kappa shape index (κ3) is 2.80. The second-order valence-corrected chi connectivity index (χ2v) is 7.12. The maximum absolute atomic E-state index is 12.6. The molecule has 1 aromatic carbocycles. The predicted octanol–water partition coefficient (Wildman–Crippen LogP) is 2.64. The van der Waals surface area contributed by atoms with Gasteiger partial charge in [0.05, 0.1) is 12.6 Å². The fourth-order valence-electron chi connectivity index (χ4n) is 3.95. The number of carbonyl (C=O) groups excluding carboxylic acids is 1. The standard InChI is InChI=1S/C18H21N3O2S/c1-23-14-4-2-13(3-5-14)10-20-8-6-17-16(20)7-9-21(17)18(22)15-11-24-12-19-15/h2-5,11-12,16-17H,6-10H2,1H3/t16-,17+/m1/s1. The zero-order valence-electron chi connectivity index (χ0n) is 13.7. The molecular formula is C18H21N3O2S. The molecule has 6 heteroatoms. The number of fused-ring (bicyclic) bond motifs is 1. The highest BCUT2D eigenvalue weighted by molar-refractivity contribution is 7.07. The summed E-state index contributed by atoms with van der Waals surface area (Å²) in [7, 11) is 1.69. The summed E-state index contributed by atoms with van der Waals surface area (Å²) in [6.45, 7) is 2.82. The van der Waals surface area contributed by atoms with E-state index in [0.29, 0.717) is 17.8 Å². The average Bonchev–Trinajstić information content (AvgIpc) is 3.34. The molecule has 0 N–H and O–H groups in total. The molecule has 126 valence electrons. The lowest BCUT2D eigenvalue weighted by Gasteiger charge is -2.25. The number of benzene rings is 1. The summed E-state index contributed by atoms with van der Waals surface area (Å²) in [6.07, 6.45) is 2.10. The molecule has 0 spiro atoms. The number of rotatable bonds is 4. The van der Waals surface area contributed by atoms with Gasteiger partial charge in [0, 0.05) is 37.1 Å². The predicted molar refractivity (Wildman–Crippen MR) is 93.4 cm³/mol. The third-order valence-electron chi connectivity index (χ3n) is 5.15.